The number of hydrogen-bond acceptors (Lipinski definition) is 3. The van der Waals surface area contributed by atoms with E-state index < -0.39 is 23.9 Å². The summed E-state index contributed by atoms with van der Waals surface area (Å²) in [6.45, 7) is 2.94. The normalized spacial score (nSPS) is 14.2. The van der Waals surface area contributed by atoms with Crippen molar-refractivity contribution in [3.8, 4) is 5.75 Å². The molecule has 5 heteroatoms. The minimum Gasteiger partial charge on any atom is -0.481 e. The second-order valence-corrected chi connectivity index (χ2v) is 3.52. The van der Waals surface area contributed by atoms with E-state index >= 15 is 0 Å². The third kappa shape index (κ3) is 2.93. The summed E-state index contributed by atoms with van der Waals surface area (Å²) in [5.41, 5.74) is 5.18. The number of carbonyl (C=O) groups excluding carboxylic acids is 1. The zero-order valence-electron chi connectivity index (χ0n) is 9.11. The maximum absolute atomic E-state index is 13.4. The fourth-order valence-corrected chi connectivity index (χ4v) is 1.18. The maximum Gasteiger partial charge on any atom is 0.258 e. The zero-order valence-corrected chi connectivity index (χ0v) is 9.11. The first-order chi connectivity index (χ1) is 7.41. The van der Waals surface area contributed by atoms with Crippen LogP contribution in [0.5, 0.6) is 5.75 Å². The van der Waals surface area contributed by atoms with Gasteiger partial charge in [0.1, 0.15) is 11.6 Å². The minimum atomic E-state index is -0.886. The molecular weight excluding hydrogens is 213 g/mol. The quantitative estimate of drug-likeness (QED) is 0.809. The number of halogens is 1. The lowest BCUT2D eigenvalue weighted by atomic mass is 10.1. The zero-order chi connectivity index (χ0) is 12.3. The first-order valence-electron chi connectivity index (χ1n) is 4.85. The van der Waals surface area contributed by atoms with Gasteiger partial charge in [-0.1, -0.05) is 0 Å². The maximum atomic E-state index is 13.4. The highest BCUT2D eigenvalue weighted by atomic mass is 19.1. The molecule has 0 saturated heterocycles. The molecule has 88 valence electrons. The second-order valence-electron chi connectivity index (χ2n) is 3.52. The van der Waals surface area contributed by atoms with Crippen LogP contribution >= 0.6 is 0 Å². The Morgan fingerprint density at radius 1 is 1.50 bits per heavy atom. The lowest BCUT2D eigenvalue weighted by Crippen LogP contribution is -2.30. The predicted molar refractivity (Wildman–Crippen MR) is 56.3 cm³/mol. The van der Waals surface area contributed by atoms with Crippen LogP contribution in [0.2, 0.25) is 0 Å². The Bertz CT molecular complexity index is 393. The van der Waals surface area contributed by atoms with Crippen LogP contribution in [-0.4, -0.2) is 17.1 Å². The molecule has 0 aromatic heterocycles. The molecule has 0 fully saturated rings. The molecule has 0 saturated carbocycles. The first kappa shape index (κ1) is 12.4. The van der Waals surface area contributed by atoms with Crippen molar-refractivity contribution in [1.29, 1.82) is 0 Å². The van der Waals surface area contributed by atoms with Crippen LogP contribution < -0.4 is 10.5 Å². The molecule has 0 spiro atoms. The molecule has 4 nitrogen and oxygen atoms in total. The van der Waals surface area contributed by atoms with Gasteiger partial charge in [0.05, 0.1) is 6.10 Å². The molecule has 1 rings (SSSR count). The third-order valence-electron chi connectivity index (χ3n) is 2.14. The summed E-state index contributed by atoms with van der Waals surface area (Å²) in [6, 6.07) is 4.00. The molecule has 3 N–H and O–H groups in total. The SMILES string of the molecule is CC(Oc1ccc([C@@H](C)O)c(F)c1)C(N)=O. The van der Waals surface area contributed by atoms with E-state index in [1.54, 1.807) is 0 Å². The highest BCUT2D eigenvalue weighted by Gasteiger charge is 2.13. The van der Waals surface area contributed by atoms with Crippen LogP contribution in [0, 0.1) is 5.82 Å². The molecular formula is C11H14FNO3. The van der Waals surface area contributed by atoms with Gasteiger partial charge in [-0.05, 0) is 26.0 Å². The lowest BCUT2D eigenvalue weighted by Gasteiger charge is -2.13. The fourth-order valence-electron chi connectivity index (χ4n) is 1.18. The Morgan fingerprint density at radius 3 is 2.56 bits per heavy atom. The summed E-state index contributed by atoms with van der Waals surface area (Å²) < 4.78 is 18.5. The van der Waals surface area contributed by atoms with Crippen LogP contribution in [0.15, 0.2) is 18.2 Å². The summed E-state index contributed by atoms with van der Waals surface area (Å²) in [5, 5.41) is 9.21. The Hall–Kier alpha value is -1.62. The Morgan fingerprint density at radius 2 is 2.12 bits per heavy atom. The van der Waals surface area contributed by atoms with E-state index in [0.29, 0.717) is 0 Å². The summed E-state index contributed by atoms with van der Waals surface area (Å²) >= 11 is 0. The van der Waals surface area contributed by atoms with E-state index in [1.165, 1.54) is 26.0 Å². The van der Waals surface area contributed by atoms with E-state index in [2.05, 4.69) is 0 Å². The average molecular weight is 227 g/mol. The Balaban J connectivity index is 2.85. The van der Waals surface area contributed by atoms with Crippen LogP contribution in [0.4, 0.5) is 4.39 Å². The highest BCUT2D eigenvalue weighted by molar-refractivity contribution is 5.78. The molecule has 1 aromatic rings. The molecule has 1 amide bonds. The molecule has 1 aromatic carbocycles. The average Bonchev–Trinajstić information content (AvgIpc) is 2.16. The van der Waals surface area contributed by atoms with Crippen molar-refractivity contribution in [3.63, 3.8) is 0 Å². The lowest BCUT2D eigenvalue weighted by molar-refractivity contribution is -0.123. The van der Waals surface area contributed by atoms with E-state index in [-0.39, 0.29) is 11.3 Å². The van der Waals surface area contributed by atoms with Crippen LogP contribution in [-0.2, 0) is 4.79 Å². The molecule has 16 heavy (non-hydrogen) atoms. The van der Waals surface area contributed by atoms with Gasteiger partial charge in [-0.3, -0.25) is 4.79 Å². The van der Waals surface area contributed by atoms with Gasteiger partial charge < -0.3 is 15.6 Å². The Labute approximate surface area is 92.8 Å². The summed E-state index contributed by atoms with van der Waals surface area (Å²) in [5.74, 6) is -1.00. The number of benzene rings is 1. The van der Waals surface area contributed by atoms with Crippen molar-refractivity contribution in [2.24, 2.45) is 5.73 Å². The van der Waals surface area contributed by atoms with E-state index in [9.17, 15) is 14.3 Å². The number of carbonyl (C=O) groups is 1. The summed E-state index contributed by atoms with van der Waals surface area (Å²) in [6.07, 6.45) is -1.71. The van der Waals surface area contributed by atoms with Crippen molar-refractivity contribution < 1.29 is 19.0 Å². The van der Waals surface area contributed by atoms with Crippen LogP contribution in [0.25, 0.3) is 0 Å². The second kappa shape index (κ2) is 4.94. The number of ether oxygens (including phenoxy) is 1. The number of nitrogens with two attached hydrogens (primary N) is 1. The van der Waals surface area contributed by atoms with Crippen LogP contribution in [0.3, 0.4) is 0 Å². The van der Waals surface area contributed by atoms with Gasteiger partial charge in [0, 0.05) is 11.6 Å². The van der Waals surface area contributed by atoms with Crippen molar-refractivity contribution >= 4 is 5.91 Å². The number of amides is 1. The molecule has 0 radical (unpaired) electrons. The van der Waals surface area contributed by atoms with Gasteiger partial charge in [0.25, 0.3) is 5.91 Å². The Kier molecular flexibility index (Phi) is 3.84. The molecule has 2 atom stereocenters. The highest BCUT2D eigenvalue weighted by Crippen LogP contribution is 2.22. The van der Waals surface area contributed by atoms with Crippen molar-refractivity contribution in [2.45, 2.75) is 26.1 Å². The van der Waals surface area contributed by atoms with Gasteiger partial charge in [0.2, 0.25) is 0 Å². The largest absolute Gasteiger partial charge is 0.481 e. The molecule has 0 aliphatic heterocycles. The monoisotopic (exact) mass is 227 g/mol. The number of rotatable bonds is 4. The van der Waals surface area contributed by atoms with Crippen molar-refractivity contribution in [2.75, 3.05) is 0 Å². The first-order valence-corrected chi connectivity index (χ1v) is 4.85. The van der Waals surface area contributed by atoms with Gasteiger partial charge in [0.15, 0.2) is 6.10 Å². The fraction of sp³-hybridized carbons (Fsp3) is 0.364. The molecule has 0 bridgehead atoms. The van der Waals surface area contributed by atoms with Gasteiger partial charge in [-0.2, -0.15) is 0 Å². The van der Waals surface area contributed by atoms with Crippen molar-refractivity contribution in [1.82, 2.24) is 0 Å². The predicted octanol–water partition coefficient (Wildman–Crippen LogP) is 1.13. The standard InChI is InChI=1S/C11H14FNO3/c1-6(14)9-4-3-8(5-10(9)12)16-7(2)11(13)15/h3-7,14H,1-2H3,(H2,13,15)/t6-,7?/m1/s1. The summed E-state index contributed by atoms with van der Waals surface area (Å²) in [7, 11) is 0. The summed E-state index contributed by atoms with van der Waals surface area (Å²) in [4.78, 5) is 10.7. The number of hydrogen-bond donors (Lipinski definition) is 2. The van der Waals surface area contributed by atoms with E-state index in [1.807, 2.05) is 0 Å². The molecule has 0 aliphatic rings. The number of aliphatic hydroxyl groups is 1. The van der Waals surface area contributed by atoms with Crippen molar-refractivity contribution in [3.05, 3.63) is 29.6 Å². The number of aliphatic hydroxyl groups excluding tert-OH is 1. The number of primary amides is 1. The van der Waals surface area contributed by atoms with E-state index in [0.717, 1.165) is 6.07 Å². The molecule has 1 unspecified atom stereocenters. The van der Waals surface area contributed by atoms with Gasteiger partial charge in [-0.25, -0.2) is 4.39 Å². The smallest absolute Gasteiger partial charge is 0.258 e. The van der Waals surface area contributed by atoms with Gasteiger partial charge >= 0.3 is 0 Å². The van der Waals surface area contributed by atoms with Gasteiger partial charge in [-0.15, -0.1) is 0 Å². The molecule has 0 heterocycles. The third-order valence-corrected chi connectivity index (χ3v) is 2.14. The topological polar surface area (TPSA) is 72.6 Å². The van der Waals surface area contributed by atoms with Crippen LogP contribution in [0.1, 0.15) is 25.5 Å². The minimum absolute atomic E-state index is 0.180. The van der Waals surface area contributed by atoms with E-state index in [4.69, 9.17) is 10.5 Å². The molecule has 0 aliphatic carbocycles.